The van der Waals surface area contributed by atoms with Gasteiger partial charge in [0.25, 0.3) is 0 Å². The smallest absolute Gasteiger partial charge is 0.206 e. The van der Waals surface area contributed by atoms with Crippen LogP contribution in [-0.2, 0) is 6.42 Å². The monoisotopic (exact) mass is 574 g/mol. The minimum absolute atomic E-state index is 0.195. The van der Waals surface area contributed by atoms with Crippen molar-refractivity contribution in [2.75, 3.05) is 0 Å². The Morgan fingerprint density at radius 3 is 2.45 bits per heavy atom. The van der Waals surface area contributed by atoms with Gasteiger partial charge in [0, 0.05) is 27.0 Å². The molecule has 0 N–H and O–H groups in total. The molecule has 0 bridgehead atoms. The van der Waals surface area contributed by atoms with Gasteiger partial charge in [0.2, 0.25) is 0 Å². The second-order valence-electron chi connectivity index (χ2n) is 9.95. The highest BCUT2D eigenvalue weighted by atomic mass is 32.1. The van der Waals surface area contributed by atoms with E-state index < -0.39 is 12.0 Å². The molecule has 5 rings (SSSR count). The number of aryl methyl sites for hydroxylation is 1. The van der Waals surface area contributed by atoms with Crippen molar-refractivity contribution in [3.8, 4) is 34.1 Å². The average Bonchev–Trinajstić information content (AvgIpc) is 3.35. The Morgan fingerprint density at radius 2 is 1.77 bits per heavy atom. The zero-order valence-electron chi connectivity index (χ0n) is 22.0. The Labute approximate surface area is 238 Å². The van der Waals surface area contributed by atoms with E-state index in [-0.39, 0.29) is 11.5 Å². The maximum atomic E-state index is 14.5. The van der Waals surface area contributed by atoms with Crippen molar-refractivity contribution in [3.05, 3.63) is 94.8 Å². The third kappa shape index (κ3) is 6.85. The molecule has 202 valence electrons. The van der Waals surface area contributed by atoms with Crippen molar-refractivity contribution in [2.24, 2.45) is 5.92 Å². The van der Waals surface area contributed by atoms with Crippen molar-refractivity contribution in [1.29, 1.82) is 0 Å². The molecular weight excluding hydrogens is 547 g/mol. The summed E-state index contributed by atoms with van der Waals surface area (Å²) in [4.78, 5) is 1.25. The van der Waals surface area contributed by atoms with Crippen LogP contribution in [0.1, 0.15) is 54.9 Å². The summed E-state index contributed by atoms with van der Waals surface area (Å²) in [5.41, 5.74) is 4.94. The first-order chi connectivity index (χ1) is 19.2. The summed E-state index contributed by atoms with van der Waals surface area (Å²) >= 11 is 1.82. The zero-order valence-corrected chi connectivity index (χ0v) is 23.9. The number of rotatable bonds is 4. The molecule has 0 amide bonds. The van der Waals surface area contributed by atoms with E-state index in [1.807, 2.05) is 17.3 Å². The molecule has 1 aromatic heterocycles. The lowest BCUT2D eigenvalue weighted by atomic mass is 9.86. The number of hydrogen-bond donors (Lipinski definition) is 0. The van der Waals surface area contributed by atoms with Gasteiger partial charge in [0.15, 0.2) is 0 Å². The zero-order chi connectivity index (χ0) is 28.3. The van der Waals surface area contributed by atoms with Crippen molar-refractivity contribution < 1.29 is 17.6 Å². The fourth-order valence-corrected chi connectivity index (χ4v) is 6.39. The van der Waals surface area contributed by atoms with E-state index in [9.17, 15) is 17.6 Å². The minimum Gasteiger partial charge on any atom is -0.206 e. The number of fused-ring (bicyclic) bond motifs is 1. The van der Waals surface area contributed by atoms with E-state index in [0.29, 0.717) is 10.9 Å². The number of hydrogen-bond acceptors (Lipinski definition) is 1. The fraction of sp³-hybridized carbons (Fsp3) is 0.235. The van der Waals surface area contributed by atoms with Gasteiger partial charge < -0.3 is 0 Å². The molecule has 0 radical (unpaired) electrons. The first-order valence-corrected chi connectivity index (χ1v) is 14.6. The van der Waals surface area contributed by atoms with Crippen LogP contribution in [0.5, 0.6) is 0 Å². The van der Waals surface area contributed by atoms with Crippen molar-refractivity contribution in [1.82, 2.24) is 0 Å². The van der Waals surface area contributed by atoms with Gasteiger partial charge in [0.05, 0.1) is 5.56 Å². The SMILES string of the molecule is CCCc1ccc2cc(-c3ccc(C#CC4CC=C(c5cc(F)c(C#CC(F)(F)F)c(P)c5)CC4)cc3)sc2c1. The molecule has 4 aromatic rings. The van der Waals surface area contributed by atoms with E-state index in [1.54, 1.807) is 6.07 Å². The largest absolute Gasteiger partial charge is 0.458 e. The highest BCUT2D eigenvalue weighted by Gasteiger charge is 2.23. The molecule has 1 aliphatic carbocycles. The highest BCUT2D eigenvalue weighted by molar-refractivity contribution is 7.27. The van der Waals surface area contributed by atoms with Gasteiger partial charge in [-0.05, 0) is 95.0 Å². The molecule has 2 unspecified atom stereocenters. The van der Waals surface area contributed by atoms with Gasteiger partial charge >= 0.3 is 6.18 Å². The second-order valence-corrected chi connectivity index (χ2v) is 11.7. The predicted molar refractivity (Wildman–Crippen MR) is 162 cm³/mol. The summed E-state index contributed by atoms with van der Waals surface area (Å²) in [6.07, 6.45) is 1.94. The maximum Gasteiger partial charge on any atom is 0.458 e. The molecule has 0 saturated heterocycles. The molecule has 3 aromatic carbocycles. The van der Waals surface area contributed by atoms with Crippen LogP contribution in [0, 0.1) is 35.4 Å². The Balaban J connectivity index is 1.24. The molecule has 0 saturated carbocycles. The molecule has 1 aliphatic rings. The lowest BCUT2D eigenvalue weighted by Crippen LogP contribution is -2.08. The first kappa shape index (κ1) is 28.2. The summed E-state index contributed by atoms with van der Waals surface area (Å²) in [7, 11) is 2.29. The maximum absolute atomic E-state index is 14.5. The summed E-state index contributed by atoms with van der Waals surface area (Å²) in [6.45, 7) is 2.20. The Bertz CT molecular complexity index is 1680. The van der Waals surface area contributed by atoms with Crippen LogP contribution in [0.3, 0.4) is 0 Å². The quantitative estimate of drug-likeness (QED) is 0.129. The molecule has 6 heteroatoms. The number of allylic oxidation sites excluding steroid dienone is 2. The van der Waals surface area contributed by atoms with Crippen LogP contribution >= 0.6 is 20.6 Å². The van der Waals surface area contributed by atoms with Crippen LogP contribution in [0.4, 0.5) is 17.6 Å². The van der Waals surface area contributed by atoms with E-state index in [2.05, 4.69) is 82.6 Å². The van der Waals surface area contributed by atoms with Gasteiger partial charge in [-0.25, -0.2) is 4.39 Å². The van der Waals surface area contributed by atoms with Crippen molar-refractivity contribution in [3.63, 3.8) is 0 Å². The van der Waals surface area contributed by atoms with Crippen molar-refractivity contribution >= 4 is 41.5 Å². The Morgan fingerprint density at radius 1 is 0.975 bits per heavy atom. The Hall–Kier alpha value is -3.37. The summed E-state index contributed by atoms with van der Waals surface area (Å²) in [6, 6.07) is 20.3. The highest BCUT2D eigenvalue weighted by Crippen LogP contribution is 2.35. The third-order valence-electron chi connectivity index (χ3n) is 6.94. The van der Waals surface area contributed by atoms with Gasteiger partial charge in [-0.15, -0.1) is 20.6 Å². The summed E-state index contributed by atoms with van der Waals surface area (Å²) < 4.78 is 53.1. The topological polar surface area (TPSA) is 0 Å². The van der Waals surface area contributed by atoms with E-state index in [4.69, 9.17) is 0 Å². The second kappa shape index (κ2) is 12.0. The van der Waals surface area contributed by atoms with Crippen LogP contribution in [-0.4, -0.2) is 6.18 Å². The molecule has 0 spiro atoms. The van der Waals surface area contributed by atoms with Crippen LogP contribution in [0.25, 0.3) is 26.1 Å². The minimum atomic E-state index is -4.66. The van der Waals surface area contributed by atoms with E-state index in [0.717, 1.165) is 49.2 Å². The first-order valence-electron chi connectivity index (χ1n) is 13.2. The van der Waals surface area contributed by atoms with Crippen LogP contribution in [0.2, 0.25) is 0 Å². The standard InChI is InChI=1S/C34H27F4PS/c1-2-3-24-10-15-27-21-33(40-32(27)18-24)26-13-8-23(9-14-26)5-4-22-6-11-25(12-7-22)28-19-30(35)29(31(39)20-28)16-17-34(36,37)38/h8-11,13-15,18-22H,2-3,6-7,12,39H2,1H3. The number of benzene rings is 3. The lowest BCUT2D eigenvalue weighted by molar-refractivity contribution is -0.0696. The Kier molecular flexibility index (Phi) is 8.46. The lowest BCUT2D eigenvalue weighted by Gasteiger charge is -2.19. The normalized spacial score (nSPS) is 15.2. The predicted octanol–water partition coefficient (Wildman–Crippen LogP) is 9.31. The van der Waals surface area contributed by atoms with Crippen LogP contribution in [0.15, 0.2) is 66.7 Å². The van der Waals surface area contributed by atoms with Gasteiger partial charge in [0.1, 0.15) is 5.82 Å². The van der Waals surface area contributed by atoms with Gasteiger partial charge in [-0.1, -0.05) is 61.4 Å². The van der Waals surface area contributed by atoms with Crippen LogP contribution < -0.4 is 5.30 Å². The molecular formula is C34H27F4PS. The molecule has 1 heterocycles. The van der Waals surface area contributed by atoms with Gasteiger partial charge in [-0.3, -0.25) is 0 Å². The number of alkyl halides is 3. The van der Waals surface area contributed by atoms with Crippen molar-refractivity contribution in [2.45, 2.75) is 45.2 Å². The number of thiophene rings is 1. The number of halogens is 4. The van der Waals surface area contributed by atoms with E-state index >= 15 is 0 Å². The van der Waals surface area contributed by atoms with Gasteiger partial charge in [-0.2, -0.15) is 13.2 Å². The molecule has 2 atom stereocenters. The molecule has 0 fully saturated rings. The van der Waals surface area contributed by atoms with E-state index in [1.165, 1.54) is 32.2 Å². The third-order valence-corrected chi connectivity index (χ3v) is 8.55. The average molecular weight is 575 g/mol. The molecule has 40 heavy (non-hydrogen) atoms. The summed E-state index contributed by atoms with van der Waals surface area (Å²) in [5.74, 6) is 9.17. The molecule has 0 aliphatic heterocycles. The fourth-order valence-electron chi connectivity index (χ4n) is 4.87. The summed E-state index contributed by atoms with van der Waals surface area (Å²) in [5, 5.41) is 1.59. The molecule has 0 nitrogen and oxygen atoms in total.